The Morgan fingerprint density at radius 3 is 2.42 bits per heavy atom. The molecule has 1 aliphatic carbocycles. The van der Waals surface area contributed by atoms with Gasteiger partial charge in [-0.3, -0.25) is 0 Å². The van der Waals surface area contributed by atoms with Crippen molar-refractivity contribution in [1.29, 1.82) is 0 Å². The molecule has 0 radical (unpaired) electrons. The summed E-state index contributed by atoms with van der Waals surface area (Å²) >= 11 is 0. The van der Waals surface area contributed by atoms with Crippen LogP contribution in [-0.2, 0) is 0 Å². The molecule has 0 unspecified atom stereocenters. The van der Waals surface area contributed by atoms with E-state index in [2.05, 4.69) is 24.5 Å². The predicted octanol–water partition coefficient (Wildman–Crippen LogP) is 4.85. The van der Waals surface area contributed by atoms with Crippen molar-refractivity contribution in [3.8, 4) is 0 Å². The highest BCUT2D eigenvalue weighted by Crippen LogP contribution is 2.63. The van der Waals surface area contributed by atoms with Gasteiger partial charge in [-0.1, -0.05) is 0 Å². The summed E-state index contributed by atoms with van der Waals surface area (Å²) in [5, 5.41) is 7.22. The van der Waals surface area contributed by atoms with Crippen molar-refractivity contribution < 1.29 is 8.78 Å². The number of fused-ring (bicyclic) bond motifs is 9. The van der Waals surface area contributed by atoms with E-state index < -0.39 is 0 Å². The fraction of sp³-hybridized carbons (Fsp3) is 0.400. The first kappa shape index (κ1) is 14.3. The second-order valence-corrected chi connectivity index (χ2v) is 7.80. The third-order valence-electron chi connectivity index (χ3n) is 6.33. The Balaban J connectivity index is 1.74. The first-order chi connectivity index (χ1) is 11.5. The average Bonchev–Trinajstić information content (AvgIpc) is 2.79. The molecule has 0 amide bonds. The molecule has 0 spiro atoms. The van der Waals surface area contributed by atoms with Crippen molar-refractivity contribution in [3.05, 3.63) is 59.2 Å². The molecule has 2 aliphatic heterocycles. The van der Waals surface area contributed by atoms with Gasteiger partial charge in [-0.15, -0.1) is 0 Å². The van der Waals surface area contributed by atoms with Crippen LogP contribution in [0.15, 0.2) is 36.4 Å². The summed E-state index contributed by atoms with van der Waals surface area (Å²) in [6, 6.07) is 10.3. The van der Waals surface area contributed by atoms with E-state index in [-0.39, 0.29) is 35.1 Å². The van der Waals surface area contributed by atoms with Crippen LogP contribution in [0.2, 0.25) is 0 Å². The van der Waals surface area contributed by atoms with E-state index in [1.165, 1.54) is 12.1 Å². The lowest BCUT2D eigenvalue weighted by molar-refractivity contribution is 0.311. The van der Waals surface area contributed by atoms with E-state index in [0.717, 1.165) is 28.9 Å². The predicted molar refractivity (Wildman–Crippen MR) is 91.5 cm³/mol. The minimum absolute atomic E-state index is 0.0728. The second kappa shape index (κ2) is 4.50. The third kappa shape index (κ3) is 1.74. The molecule has 2 aromatic rings. The Morgan fingerprint density at radius 2 is 1.67 bits per heavy atom. The molecule has 2 bridgehead atoms. The molecule has 124 valence electrons. The lowest BCUT2D eigenvalue weighted by atomic mass is 9.72. The van der Waals surface area contributed by atoms with E-state index in [4.69, 9.17) is 0 Å². The number of anilines is 2. The molecule has 0 saturated heterocycles. The monoisotopic (exact) mass is 326 g/mol. The number of hydrogen-bond acceptors (Lipinski definition) is 2. The summed E-state index contributed by atoms with van der Waals surface area (Å²) in [7, 11) is 0. The van der Waals surface area contributed by atoms with E-state index in [1.807, 2.05) is 12.1 Å². The van der Waals surface area contributed by atoms with Crippen LogP contribution in [0.25, 0.3) is 0 Å². The van der Waals surface area contributed by atoms with Gasteiger partial charge in [0.15, 0.2) is 0 Å². The SMILES string of the molecule is C[C@H]1Nc2ccc(F)cc2[C@@H]2[C@H]1[C@]1(C)C[C@H]2c2cc(F)ccc2N1. The number of nitrogens with one attached hydrogen (secondary N) is 2. The first-order valence-electron chi connectivity index (χ1n) is 8.60. The zero-order chi connectivity index (χ0) is 16.6. The molecule has 3 aliphatic rings. The zero-order valence-electron chi connectivity index (χ0n) is 13.7. The van der Waals surface area contributed by atoms with Crippen LogP contribution < -0.4 is 10.6 Å². The Labute approximate surface area is 140 Å². The van der Waals surface area contributed by atoms with Gasteiger partial charge in [0.25, 0.3) is 0 Å². The van der Waals surface area contributed by atoms with E-state index >= 15 is 0 Å². The fourth-order valence-electron chi connectivity index (χ4n) is 5.61. The van der Waals surface area contributed by atoms with Gasteiger partial charge in [0.2, 0.25) is 0 Å². The zero-order valence-corrected chi connectivity index (χ0v) is 13.7. The second-order valence-electron chi connectivity index (χ2n) is 7.80. The van der Waals surface area contributed by atoms with Gasteiger partial charge >= 0.3 is 0 Å². The van der Waals surface area contributed by atoms with Crippen LogP contribution in [-0.4, -0.2) is 11.6 Å². The molecule has 1 fully saturated rings. The summed E-state index contributed by atoms with van der Waals surface area (Å²) in [5.41, 5.74) is 4.03. The Kier molecular flexibility index (Phi) is 2.67. The number of benzene rings is 2. The number of halogens is 2. The van der Waals surface area contributed by atoms with Crippen molar-refractivity contribution in [2.24, 2.45) is 5.92 Å². The smallest absolute Gasteiger partial charge is 0.123 e. The fourth-order valence-corrected chi connectivity index (χ4v) is 5.61. The molecule has 0 aromatic heterocycles. The van der Waals surface area contributed by atoms with Crippen molar-refractivity contribution in [2.45, 2.75) is 43.7 Å². The van der Waals surface area contributed by atoms with E-state index in [1.54, 1.807) is 12.1 Å². The standard InChI is InChI=1S/C20H20F2N2/c1-10-19-18(14-8-12(22)3-5-16(14)23-10)15-9-20(19,2)24-17-6-4-11(21)7-13(15)17/h3-8,10,15,18-19,23-24H,9H2,1-2H3/t10-,15+,18+,19+,20+/m1/s1. The Bertz CT molecular complexity index is 850. The molecule has 2 heterocycles. The minimum atomic E-state index is -0.206. The topological polar surface area (TPSA) is 24.1 Å². The van der Waals surface area contributed by atoms with Gasteiger partial charge in [-0.05, 0) is 73.7 Å². The molecule has 24 heavy (non-hydrogen) atoms. The molecule has 5 rings (SSSR count). The highest BCUT2D eigenvalue weighted by atomic mass is 19.1. The lowest BCUT2D eigenvalue weighted by Crippen LogP contribution is -2.49. The highest BCUT2D eigenvalue weighted by molar-refractivity contribution is 5.66. The maximum Gasteiger partial charge on any atom is 0.123 e. The minimum Gasteiger partial charge on any atom is -0.382 e. The maximum absolute atomic E-state index is 13.9. The highest BCUT2D eigenvalue weighted by Gasteiger charge is 2.58. The van der Waals surface area contributed by atoms with Crippen LogP contribution >= 0.6 is 0 Å². The van der Waals surface area contributed by atoms with Crippen LogP contribution in [0.5, 0.6) is 0 Å². The molecule has 1 saturated carbocycles. The average molecular weight is 326 g/mol. The van der Waals surface area contributed by atoms with Crippen molar-refractivity contribution in [1.82, 2.24) is 0 Å². The molecule has 2 aromatic carbocycles. The van der Waals surface area contributed by atoms with Crippen molar-refractivity contribution in [2.75, 3.05) is 10.6 Å². The van der Waals surface area contributed by atoms with Crippen molar-refractivity contribution in [3.63, 3.8) is 0 Å². The molecular formula is C20H20F2N2. The van der Waals surface area contributed by atoms with Crippen LogP contribution in [0, 0.1) is 17.6 Å². The van der Waals surface area contributed by atoms with Gasteiger partial charge in [0, 0.05) is 34.8 Å². The van der Waals surface area contributed by atoms with Crippen molar-refractivity contribution >= 4 is 11.4 Å². The van der Waals surface area contributed by atoms with Gasteiger partial charge in [-0.2, -0.15) is 0 Å². The molecule has 4 heteroatoms. The summed E-state index contributed by atoms with van der Waals surface area (Å²) in [6.07, 6.45) is 0.945. The van der Waals surface area contributed by atoms with Gasteiger partial charge < -0.3 is 10.6 Å². The van der Waals surface area contributed by atoms with Crippen LogP contribution in [0.3, 0.4) is 0 Å². The maximum atomic E-state index is 13.9. The Hall–Kier alpha value is -2.10. The number of rotatable bonds is 0. The van der Waals surface area contributed by atoms with E-state index in [9.17, 15) is 8.78 Å². The summed E-state index contributed by atoms with van der Waals surface area (Å²) in [4.78, 5) is 0. The summed E-state index contributed by atoms with van der Waals surface area (Å²) < 4.78 is 27.8. The number of hydrogen-bond donors (Lipinski definition) is 2. The molecule has 2 nitrogen and oxygen atoms in total. The molecular weight excluding hydrogens is 306 g/mol. The molecule has 2 N–H and O–H groups in total. The normalized spacial score (nSPS) is 35.3. The quantitative estimate of drug-likeness (QED) is 0.723. The largest absolute Gasteiger partial charge is 0.382 e. The van der Waals surface area contributed by atoms with Crippen LogP contribution in [0.4, 0.5) is 20.2 Å². The summed E-state index contributed by atoms with van der Waals surface area (Å²) in [5.74, 6) is 0.337. The first-order valence-corrected chi connectivity index (χ1v) is 8.60. The lowest BCUT2D eigenvalue weighted by Gasteiger charge is -2.43. The van der Waals surface area contributed by atoms with E-state index in [0.29, 0.717) is 5.92 Å². The summed E-state index contributed by atoms with van der Waals surface area (Å²) in [6.45, 7) is 4.45. The Morgan fingerprint density at radius 1 is 1.00 bits per heavy atom. The molecule has 5 atom stereocenters. The van der Waals surface area contributed by atoms with Gasteiger partial charge in [0.1, 0.15) is 11.6 Å². The third-order valence-corrected chi connectivity index (χ3v) is 6.33. The van der Waals surface area contributed by atoms with Gasteiger partial charge in [-0.25, -0.2) is 8.78 Å². The van der Waals surface area contributed by atoms with Gasteiger partial charge in [0.05, 0.1) is 0 Å². The van der Waals surface area contributed by atoms with Crippen LogP contribution in [0.1, 0.15) is 43.2 Å².